The molecule has 2 aromatic rings. The molecule has 0 aliphatic heterocycles. The van der Waals surface area contributed by atoms with Crippen LogP contribution in [0.1, 0.15) is 26.2 Å². The molecule has 0 aliphatic carbocycles. The highest BCUT2D eigenvalue weighted by atomic mass is 32.2. The summed E-state index contributed by atoms with van der Waals surface area (Å²) in [6, 6.07) is 11.5. The van der Waals surface area contributed by atoms with Crippen LogP contribution in [0, 0.1) is 10.1 Å². The minimum Gasteiger partial charge on any atom is -0.489 e. The lowest BCUT2D eigenvalue weighted by molar-refractivity contribution is -0.387. The third-order valence-electron chi connectivity index (χ3n) is 3.88. The number of benzene rings is 2. The fraction of sp³-hybridized carbons (Fsp3) is 0.333. The lowest BCUT2D eigenvalue weighted by atomic mass is 10.2. The first-order chi connectivity index (χ1) is 12.4. The van der Waals surface area contributed by atoms with Crippen molar-refractivity contribution >= 4 is 15.5 Å². The zero-order valence-corrected chi connectivity index (χ0v) is 15.3. The summed E-state index contributed by atoms with van der Waals surface area (Å²) in [5.74, 6) is 0.186. The summed E-state index contributed by atoms with van der Waals surface area (Å²) in [4.78, 5) is 10.1. The van der Waals surface area contributed by atoms with Gasteiger partial charge in [-0.3, -0.25) is 10.1 Å². The number of rotatable bonds is 9. The van der Waals surface area contributed by atoms with Crippen molar-refractivity contribution in [3.05, 3.63) is 58.6 Å². The van der Waals surface area contributed by atoms with Crippen LogP contribution in [0.4, 0.5) is 5.69 Å². The quantitative estimate of drug-likeness (QED) is 0.407. The van der Waals surface area contributed by atoms with Crippen LogP contribution in [0.2, 0.25) is 0 Å². The van der Waals surface area contributed by atoms with Gasteiger partial charge in [0.1, 0.15) is 15.5 Å². The number of hydrogen-bond acceptors (Lipinski definition) is 6. The molecule has 1 unspecified atom stereocenters. The molecule has 0 fully saturated rings. The summed E-state index contributed by atoms with van der Waals surface area (Å²) in [7, 11) is -4.10. The molecule has 2 aromatic carbocycles. The highest BCUT2D eigenvalue weighted by Crippen LogP contribution is 2.34. The second-order valence-electron chi connectivity index (χ2n) is 5.89. The molecule has 7 nitrogen and oxygen atoms in total. The predicted octanol–water partition coefficient (Wildman–Crippen LogP) is 3.32. The number of unbranched alkanes of at least 4 members (excludes halogenated alkanes) is 1. The number of sulfone groups is 1. The van der Waals surface area contributed by atoms with Crippen LogP contribution in [0.5, 0.6) is 5.75 Å². The molecule has 0 aromatic heterocycles. The van der Waals surface area contributed by atoms with Crippen molar-refractivity contribution < 1.29 is 18.1 Å². The van der Waals surface area contributed by atoms with Crippen molar-refractivity contribution in [1.29, 1.82) is 0 Å². The lowest BCUT2D eigenvalue weighted by Gasteiger charge is -2.17. The maximum absolute atomic E-state index is 13.0. The van der Waals surface area contributed by atoms with E-state index >= 15 is 0 Å². The van der Waals surface area contributed by atoms with E-state index in [1.807, 2.05) is 6.92 Å². The van der Waals surface area contributed by atoms with Crippen molar-refractivity contribution in [3.63, 3.8) is 0 Å². The Bertz CT molecular complexity index is 867. The summed E-state index contributed by atoms with van der Waals surface area (Å²) in [6.45, 7) is 2.44. The average molecular weight is 378 g/mol. The van der Waals surface area contributed by atoms with Crippen LogP contribution < -0.4 is 10.5 Å². The number of hydrogen-bond donors (Lipinski definition) is 1. The number of nitro groups is 1. The number of nitrogens with zero attached hydrogens (tertiary/aromatic N) is 1. The molecule has 0 saturated carbocycles. The summed E-state index contributed by atoms with van der Waals surface area (Å²) < 4.78 is 31.9. The Labute approximate surface area is 152 Å². The van der Waals surface area contributed by atoms with Gasteiger partial charge in [0.2, 0.25) is 9.84 Å². The molecule has 26 heavy (non-hydrogen) atoms. The molecule has 0 aliphatic rings. The smallest absolute Gasteiger partial charge is 0.288 e. The van der Waals surface area contributed by atoms with Gasteiger partial charge in [0.25, 0.3) is 5.69 Å². The van der Waals surface area contributed by atoms with Crippen LogP contribution in [0.3, 0.4) is 0 Å². The van der Waals surface area contributed by atoms with Crippen LogP contribution in [0.25, 0.3) is 0 Å². The molecule has 0 spiro atoms. The monoisotopic (exact) mass is 378 g/mol. The van der Waals surface area contributed by atoms with Gasteiger partial charge in [0, 0.05) is 6.07 Å². The first-order valence-electron chi connectivity index (χ1n) is 8.32. The maximum Gasteiger partial charge on any atom is 0.288 e. The van der Waals surface area contributed by atoms with E-state index in [0.717, 1.165) is 19.3 Å². The van der Waals surface area contributed by atoms with E-state index in [1.54, 1.807) is 18.2 Å². The van der Waals surface area contributed by atoms with Crippen LogP contribution >= 0.6 is 0 Å². The SMILES string of the molecule is CC(CCCCN)Oc1ccccc1S(=O)(=O)c1ccccc1[N+](=O)[O-]. The average Bonchev–Trinajstić information content (AvgIpc) is 2.62. The summed E-state index contributed by atoms with van der Waals surface area (Å²) in [5, 5.41) is 11.2. The third kappa shape index (κ3) is 4.59. The summed E-state index contributed by atoms with van der Waals surface area (Å²) in [5.41, 5.74) is 5.02. The molecule has 0 heterocycles. The van der Waals surface area contributed by atoms with E-state index in [4.69, 9.17) is 10.5 Å². The van der Waals surface area contributed by atoms with Crippen LogP contribution in [-0.4, -0.2) is 26.0 Å². The van der Waals surface area contributed by atoms with E-state index < -0.39 is 20.4 Å². The second-order valence-corrected chi connectivity index (χ2v) is 7.77. The number of ether oxygens (including phenoxy) is 1. The van der Waals surface area contributed by atoms with Gasteiger partial charge >= 0.3 is 0 Å². The topological polar surface area (TPSA) is 113 Å². The molecule has 0 bridgehead atoms. The molecule has 1 atom stereocenters. The summed E-state index contributed by atoms with van der Waals surface area (Å²) in [6.07, 6.45) is 2.26. The van der Waals surface area contributed by atoms with Crippen molar-refractivity contribution in [2.24, 2.45) is 5.73 Å². The molecular formula is C18H22N2O5S. The largest absolute Gasteiger partial charge is 0.489 e. The Morgan fingerprint density at radius 1 is 1.08 bits per heavy atom. The van der Waals surface area contributed by atoms with Gasteiger partial charge in [-0.25, -0.2) is 8.42 Å². The van der Waals surface area contributed by atoms with Crippen LogP contribution in [-0.2, 0) is 9.84 Å². The Kier molecular flexibility index (Phi) is 6.70. The molecular weight excluding hydrogens is 356 g/mol. The van der Waals surface area contributed by atoms with Gasteiger partial charge in [-0.05, 0) is 50.9 Å². The second kappa shape index (κ2) is 8.77. The third-order valence-corrected chi connectivity index (χ3v) is 5.72. The van der Waals surface area contributed by atoms with E-state index in [9.17, 15) is 18.5 Å². The van der Waals surface area contributed by atoms with Gasteiger partial charge in [-0.15, -0.1) is 0 Å². The number of nitrogens with two attached hydrogens (primary N) is 1. The van der Waals surface area contributed by atoms with E-state index in [2.05, 4.69) is 0 Å². The molecule has 2 N–H and O–H groups in total. The van der Waals surface area contributed by atoms with Gasteiger partial charge in [0.15, 0.2) is 0 Å². The zero-order chi connectivity index (χ0) is 19.2. The van der Waals surface area contributed by atoms with E-state index in [-0.39, 0.29) is 21.6 Å². The minimum atomic E-state index is -4.10. The summed E-state index contributed by atoms with van der Waals surface area (Å²) >= 11 is 0. The van der Waals surface area contributed by atoms with E-state index in [0.29, 0.717) is 6.54 Å². The fourth-order valence-electron chi connectivity index (χ4n) is 2.58. The number of para-hydroxylation sites is 2. The zero-order valence-electron chi connectivity index (χ0n) is 14.5. The minimum absolute atomic E-state index is 0.0834. The van der Waals surface area contributed by atoms with Gasteiger partial charge in [0.05, 0.1) is 11.0 Å². The Morgan fingerprint density at radius 3 is 2.35 bits per heavy atom. The van der Waals surface area contributed by atoms with Crippen molar-refractivity contribution in [2.75, 3.05) is 6.54 Å². The standard InChI is InChI=1S/C18H22N2O5S/c1-14(8-6-7-13-19)25-16-10-3-5-12-18(16)26(23,24)17-11-4-2-9-15(17)20(21)22/h2-5,9-12,14H,6-8,13,19H2,1H3. The molecule has 0 saturated heterocycles. The Morgan fingerprint density at radius 2 is 1.69 bits per heavy atom. The van der Waals surface area contributed by atoms with Crippen molar-refractivity contribution in [1.82, 2.24) is 0 Å². The molecule has 0 amide bonds. The van der Waals surface area contributed by atoms with E-state index in [1.165, 1.54) is 30.3 Å². The van der Waals surface area contributed by atoms with Crippen LogP contribution in [0.15, 0.2) is 58.3 Å². The fourth-order valence-corrected chi connectivity index (χ4v) is 4.13. The normalized spacial score (nSPS) is 12.5. The highest BCUT2D eigenvalue weighted by molar-refractivity contribution is 7.91. The van der Waals surface area contributed by atoms with Crippen molar-refractivity contribution in [3.8, 4) is 5.75 Å². The Hall–Kier alpha value is -2.45. The molecule has 2 rings (SSSR count). The Balaban J connectivity index is 2.38. The van der Waals surface area contributed by atoms with Gasteiger partial charge < -0.3 is 10.5 Å². The first kappa shape index (κ1) is 19.9. The maximum atomic E-state index is 13.0. The lowest BCUT2D eigenvalue weighted by Crippen LogP contribution is -2.15. The highest BCUT2D eigenvalue weighted by Gasteiger charge is 2.29. The molecule has 140 valence electrons. The predicted molar refractivity (Wildman–Crippen MR) is 98.0 cm³/mol. The van der Waals surface area contributed by atoms with Gasteiger partial charge in [-0.2, -0.15) is 0 Å². The first-order valence-corrected chi connectivity index (χ1v) is 9.80. The molecule has 0 radical (unpaired) electrons. The van der Waals surface area contributed by atoms with Gasteiger partial charge in [-0.1, -0.05) is 24.3 Å². The molecule has 8 heteroatoms. The number of nitro benzene ring substituents is 1. The van der Waals surface area contributed by atoms with Crippen molar-refractivity contribution in [2.45, 2.75) is 42.1 Å².